The average molecular weight is 466 g/mol. The maximum atomic E-state index is 11.5. The summed E-state index contributed by atoms with van der Waals surface area (Å²) in [4.78, 5) is 19.0. The zero-order chi connectivity index (χ0) is 23.9. The fourth-order valence-electron chi connectivity index (χ4n) is 6.12. The van der Waals surface area contributed by atoms with Crippen LogP contribution in [0.2, 0.25) is 0 Å². The fourth-order valence-corrected chi connectivity index (χ4v) is 6.12. The number of benzene rings is 3. The molecule has 0 bridgehead atoms. The van der Waals surface area contributed by atoms with E-state index in [1.165, 1.54) is 43.2 Å². The normalized spacial score (nSPS) is 18.0. The molecule has 5 heteroatoms. The van der Waals surface area contributed by atoms with Gasteiger partial charge in [0.1, 0.15) is 0 Å². The summed E-state index contributed by atoms with van der Waals surface area (Å²) in [6, 6.07) is 23.1. The highest BCUT2D eigenvalue weighted by molar-refractivity contribution is 5.88. The predicted octanol–water partition coefficient (Wildman–Crippen LogP) is 7.14. The van der Waals surface area contributed by atoms with Crippen molar-refractivity contribution in [1.82, 2.24) is 9.55 Å². The van der Waals surface area contributed by atoms with Crippen LogP contribution < -0.4 is 4.90 Å². The zero-order valence-electron chi connectivity index (χ0n) is 20.2. The lowest BCUT2D eigenvalue weighted by atomic mass is 9.84. The molecule has 35 heavy (non-hydrogen) atoms. The van der Waals surface area contributed by atoms with Gasteiger partial charge in [-0.25, -0.2) is 9.78 Å². The number of aryl methyl sites for hydroxylation is 2. The summed E-state index contributed by atoms with van der Waals surface area (Å²) in [5, 5.41) is 9.47. The Balaban J connectivity index is 1.44. The first-order chi connectivity index (χ1) is 17.1. The minimum absolute atomic E-state index is 0.101. The monoisotopic (exact) mass is 465 g/mol. The Kier molecular flexibility index (Phi) is 5.56. The minimum atomic E-state index is -0.873. The van der Waals surface area contributed by atoms with Crippen LogP contribution in [-0.2, 0) is 13.5 Å². The summed E-state index contributed by atoms with van der Waals surface area (Å²) in [7, 11) is 2.08. The van der Waals surface area contributed by atoms with Gasteiger partial charge in [0.05, 0.1) is 22.6 Å². The van der Waals surface area contributed by atoms with Crippen molar-refractivity contribution in [2.75, 3.05) is 4.90 Å². The summed E-state index contributed by atoms with van der Waals surface area (Å²) in [5.41, 5.74) is 7.32. The van der Waals surface area contributed by atoms with Gasteiger partial charge >= 0.3 is 5.97 Å². The van der Waals surface area contributed by atoms with Crippen LogP contribution in [0, 0.1) is 0 Å². The van der Waals surface area contributed by atoms with Gasteiger partial charge in [0.2, 0.25) is 5.95 Å². The number of carbonyl (C=O) groups is 1. The number of nitrogens with zero attached hydrogens (tertiary/aromatic N) is 3. The molecule has 1 atom stereocenters. The first kappa shape index (κ1) is 21.9. The molecule has 3 aromatic carbocycles. The zero-order valence-corrected chi connectivity index (χ0v) is 20.2. The van der Waals surface area contributed by atoms with E-state index in [4.69, 9.17) is 4.98 Å². The Labute approximate surface area is 206 Å². The Morgan fingerprint density at radius 3 is 2.49 bits per heavy atom. The van der Waals surface area contributed by atoms with E-state index >= 15 is 0 Å². The molecule has 1 aromatic heterocycles. The Bertz CT molecular complexity index is 1380. The Morgan fingerprint density at radius 1 is 0.971 bits per heavy atom. The molecule has 0 aliphatic heterocycles. The molecule has 1 unspecified atom stereocenters. The number of anilines is 2. The van der Waals surface area contributed by atoms with Gasteiger partial charge in [-0.05, 0) is 84.7 Å². The van der Waals surface area contributed by atoms with E-state index in [2.05, 4.69) is 59.0 Å². The molecule has 2 aliphatic carbocycles. The molecule has 1 N–H and O–H groups in total. The number of carboxylic acid groups (broad SMARTS) is 1. The van der Waals surface area contributed by atoms with E-state index in [-0.39, 0.29) is 6.04 Å². The SMILES string of the molecule is Cn1c(N(c2ccc(C3CCCCC3)cc2)C2CCc3cc(C(=O)O)ccc32)nc2ccccc21. The molecule has 178 valence electrons. The van der Waals surface area contributed by atoms with Gasteiger partial charge in [-0.2, -0.15) is 0 Å². The number of aromatic carboxylic acids is 1. The number of hydrogen-bond acceptors (Lipinski definition) is 3. The molecule has 1 saturated carbocycles. The molecule has 4 aromatic rings. The van der Waals surface area contributed by atoms with Crippen LogP contribution >= 0.6 is 0 Å². The van der Waals surface area contributed by atoms with E-state index in [1.54, 1.807) is 6.07 Å². The van der Waals surface area contributed by atoms with Crippen molar-refractivity contribution in [1.29, 1.82) is 0 Å². The van der Waals surface area contributed by atoms with Gasteiger partial charge < -0.3 is 14.6 Å². The van der Waals surface area contributed by atoms with Crippen molar-refractivity contribution in [3.05, 3.63) is 89.0 Å². The van der Waals surface area contributed by atoms with Crippen LogP contribution in [0.3, 0.4) is 0 Å². The van der Waals surface area contributed by atoms with Gasteiger partial charge in [0.15, 0.2) is 0 Å². The van der Waals surface area contributed by atoms with Crippen LogP contribution in [0.1, 0.15) is 77.5 Å². The van der Waals surface area contributed by atoms with Crippen molar-refractivity contribution in [2.45, 2.75) is 56.9 Å². The van der Waals surface area contributed by atoms with E-state index in [0.717, 1.165) is 41.1 Å². The lowest BCUT2D eigenvalue weighted by Gasteiger charge is -2.31. The maximum absolute atomic E-state index is 11.5. The standard InChI is InChI=1S/C30H31N3O2/c1-32-28-10-6-5-9-26(28)31-30(32)33(24-15-11-21(12-16-24)20-7-3-2-4-8-20)27-18-14-22-19-23(29(34)35)13-17-25(22)27/h5-6,9-13,15-17,19-20,27H,2-4,7-8,14,18H2,1H3,(H,34,35). The van der Waals surface area contributed by atoms with Crippen molar-refractivity contribution in [3.63, 3.8) is 0 Å². The predicted molar refractivity (Wildman–Crippen MR) is 140 cm³/mol. The summed E-state index contributed by atoms with van der Waals surface area (Å²) >= 11 is 0. The molecule has 1 heterocycles. The third kappa shape index (κ3) is 3.89. The van der Waals surface area contributed by atoms with Crippen molar-refractivity contribution in [3.8, 4) is 0 Å². The molecule has 2 aliphatic rings. The van der Waals surface area contributed by atoms with E-state index in [0.29, 0.717) is 11.5 Å². The molecule has 6 rings (SSSR count). The number of fused-ring (bicyclic) bond motifs is 2. The van der Waals surface area contributed by atoms with Crippen molar-refractivity contribution >= 4 is 28.6 Å². The molecular weight excluding hydrogens is 434 g/mol. The molecule has 1 fully saturated rings. The van der Waals surface area contributed by atoms with Gasteiger partial charge in [-0.15, -0.1) is 0 Å². The van der Waals surface area contributed by atoms with E-state index in [9.17, 15) is 9.90 Å². The van der Waals surface area contributed by atoms with Gasteiger partial charge in [-0.1, -0.05) is 49.6 Å². The second-order valence-corrected chi connectivity index (χ2v) is 10.0. The lowest BCUT2D eigenvalue weighted by molar-refractivity contribution is 0.0696. The maximum Gasteiger partial charge on any atom is 0.335 e. The first-order valence-electron chi connectivity index (χ1n) is 12.8. The number of para-hydroxylation sites is 2. The number of carboxylic acids is 1. The topological polar surface area (TPSA) is 58.4 Å². The number of imidazole rings is 1. The van der Waals surface area contributed by atoms with Gasteiger partial charge in [0.25, 0.3) is 0 Å². The molecule has 0 amide bonds. The van der Waals surface area contributed by atoms with Crippen LogP contribution in [0.15, 0.2) is 66.7 Å². The Morgan fingerprint density at radius 2 is 1.74 bits per heavy atom. The average Bonchev–Trinajstić information content (AvgIpc) is 3.46. The minimum Gasteiger partial charge on any atom is -0.478 e. The molecule has 0 saturated heterocycles. The van der Waals surface area contributed by atoms with Crippen LogP contribution in [-0.4, -0.2) is 20.6 Å². The number of hydrogen-bond donors (Lipinski definition) is 1. The van der Waals surface area contributed by atoms with Crippen molar-refractivity contribution in [2.24, 2.45) is 7.05 Å². The van der Waals surface area contributed by atoms with Crippen molar-refractivity contribution < 1.29 is 9.90 Å². The van der Waals surface area contributed by atoms with Crippen LogP contribution in [0.5, 0.6) is 0 Å². The third-order valence-electron chi connectivity index (χ3n) is 7.97. The largest absolute Gasteiger partial charge is 0.478 e. The highest BCUT2D eigenvalue weighted by Crippen LogP contribution is 2.44. The van der Waals surface area contributed by atoms with Gasteiger partial charge in [-0.3, -0.25) is 0 Å². The first-order valence-corrected chi connectivity index (χ1v) is 12.8. The smallest absolute Gasteiger partial charge is 0.335 e. The summed E-state index contributed by atoms with van der Waals surface area (Å²) in [6.45, 7) is 0. The quantitative estimate of drug-likeness (QED) is 0.340. The lowest BCUT2D eigenvalue weighted by Crippen LogP contribution is -2.25. The number of rotatable bonds is 5. The summed E-state index contributed by atoms with van der Waals surface area (Å²) in [6.07, 6.45) is 8.38. The molecule has 0 radical (unpaired) electrons. The fraction of sp³-hybridized carbons (Fsp3) is 0.333. The number of aromatic nitrogens is 2. The second-order valence-electron chi connectivity index (χ2n) is 10.0. The summed E-state index contributed by atoms with van der Waals surface area (Å²) < 4.78 is 2.17. The van der Waals surface area contributed by atoms with E-state index in [1.807, 2.05) is 18.2 Å². The van der Waals surface area contributed by atoms with Gasteiger partial charge in [0, 0.05) is 12.7 Å². The summed E-state index contributed by atoms with van der Waals surface area (Å²) in [5.74, 6) is 0.710. The molecular formula is C30H31N3O2. The highest BCUT2D eigenvalue weighted by Gasteiger charge is 2.32. The van der Waals surface area contributed by atoms with Crippen LogP contribution in [0.4, 0.5) is 11.6 Å². The second kappa shape index (κ2) is 8.88. The third-order valence-corrected chi connectivity index (χ3v) is 7.97. The molecule has 5 nitrogen and oxygen atoms in total. The van der Waals surface area contributed by atoms with Crippen LogP contribution in [0.25, 0.3) is 11.0 Å². The molecule has 0 spiro atoms. The highest BCUT2D eigenvalue weighted by atomic mass is 16.4. The Hall–Kier alpha value is -3.60. The van der Waals surface area contributed by atoms with E-state index < -0.39 is 5.97 Å².